The molecule has 0 aliphatic heterocycles. The van der Waals surface area contributed by atoms with Crippen LogP contribution in [-0.4, -0.2) is 62.0 Å². The van der Waals surface area contributed by atoms with E-state index in [9.17, 15) is 5.11 Å². The molecule has 4 heteroatoms. The van der Waals surface area contributed by atoms with E-state index in [0.717, 1.165) is 26.1 Å². The fourth-order valence-electron chi connectivity index (χ4n) is 1.69. The van der Waals surface area contributed by atoms with E-state index in [1.165, 1.54) is 0 Å². The monoisotopic (exact) mass is 232 g/mol. The van der Waals surface area contributed by atoms with E-state index in [1.807, 2.05) is 0 Å². The third-order valence-electron chi connectivity index (χ3n) is 2.71. The Balaban J connectivity index is 3.93. The van der Waals surface area contributed by atoms with Crippen LogP contribution >= 0.6 is 0 Å². The van der Waals surface area contributed by atoms with Gasteiger partial charge < -0.3 is 20.1 Å². The molecular formula is C12H28N2O2. The highest BCUT2D eigenvalue weighted by Gasteiger charge is 2.23. The first-order valence-corrected chi connectivity index (χ1v) is 5.99. The number of likely N-dealkylation sites (N-methyl/N-ethyl adjacent to an activating group) is 1. The number of nitrogens with one attached hydrogen (secondary N) is 1. The van der Waals surface area contributed by atoms with Gasteiger partial charge in [0.15, 0.2) is 0 Å². The van der Waals surface area contributed by atoms with E-state index in [-0.39, 0.29) is 12.1 Å². The van der Waals surface area contributed by atoms with Crippen LogP contribution in [0.4, 0.5) is 0 Å². The third-order valence-corrected chi connectivity index (χ3v) is 2.71. The molecule has 4 nitrogen and oxygen atoms in total. The van der Waals surface area contributed by atoms with E-state index < -0.39 is 0 Å². The number of ether oxygens (including phenoxy) is 1. The Labute approximate surface area is 100.0 Å². The van der Waals surface area contributed by atoms with Crippen molar-refractivity contribution in [2.24, 2.45) is 0 Å². The lowest BCUT2D eigenvalue weighted by Crippen LogP contribution is -2.50. The van der Waals surface area contributed by atoms with E-state index in [1.54, 1.807) is 7.11 Å². The van der Waals surface area contributed by atoms with Gasteiger partial charge in [-0.3, -0.25) is 0 Å². The maximum Gasteiger partial charge on any atom is 0.0611 e. The summed E-state index contributed by atoms with van der Waals surface area (Å²) < 4.78 is 5.03. The molecule has 0 aliphatic rings. The Morgan fingerprint density at radius 2 is 2.00 bits per heavy atom. The highest BCUT2D eigenvalue weighted by molar-refractivity contribution is 4.84. The molecular weight excluding hydrogens is 204 g/mol. The van der Waals surface area contributed by atoms with Crippen molar-refractivity contribution < 1.29 is 9.84 Å². The quantitative estimate of drug-likeness (QED) is 0.614. The zero-order chi connectivity index (χ0) is 12.6. The highest BCUT2D eigenvalue weighted by atomic mass is 16.5. The van der Waals surface area contributed by atoms with Gasteiger partial charge in [0.1, 0.15) is 0 Å². The minimum Gasteiger partial charge on any atom is -0.394 e. The summed E-state index contributed by atoms with van der Waals surface area (Å²) in [6.07, 6.45) is 0.932. The number of hydrogen-bond acceptors (Lipinski definition) is 4. The second-order valence-corrected chi connectivity index (χ2v) is 5.06. The molecule has 0 bridgehead atoms. The SMILES string of the molecule is COCCN(C)CCC(C)(CO)NC(C)C. The van der Waals surface area contributed by atoms with Crippen molar-refractivity contribution in [3.8, 4) is 0 Å². The predicted octanol–water partition coefficient (Wildman–Crippen LogP) is 0.704. The van der Waals surface area contributed by atoms with Crippen LogP contribution < -0.4 is 5.32 Å². The molecule has 1 atom stereocenters. The van der Waals surface area contributed by atoms with E-state index in [0.29, 0.717) is 6.04 Å². The summed E-state index contributed by atoms with van der Waals surface area (Å²) in [5.41, 5.74) is -0.185. The van der Waals surface area contributed by atoms with Gasteiger partial charge in [0.05, 0.1) is 13.2 Å². The average Bonchev–Trinajstić information content (AvgIpc) is 2.22. The van der Waals surface area contributed by atoms with Gasteiger partial charge in [-0.25, -0.2) is 0 Å². The van der Waals surface area contributed by atoms with Crippen molar-refractivity contribution in [3.05, 3.63) is 0 Å². The van der Waals surface area contributed by atoms with Gasteiger partial charge in [0.2, 0.25) is 0 Å². The largest absolute Gasteiger partial charge is 0.394 e. The molecule has 0 aromatic carbocycles. The molecule has 0 radical (unpaired) electrons. The van der Waals surface area contributed by atoms with Gasteiger partial charge in [0, 0.05) is 25.2 Å². The Bertz CT molecular complexity index is 176. The Kier molecular flexibility index (Phi) is 7.93. The van der Waals surface area contributed by atoms with Crippen LogP contribution in [0.15, 0.2) is 0 Å². The molecule has 0 amide bonds. The van der Waals surface area contributed by atoms with Crippen LogP contribution in [0, 0.1) is 0 Å². The Hall–Kier alpha value is -0.160. The van der Waals surface area contributed by atoms with Crippen molar-refractivity contribution in [1.29, 1.82) is 0 Å². The van der Waals surface area contributed by atoms with Gasteiger partial charge in [-0.1, -0.05) is 13.8 Å². The number of hydrogen-bond donors (Lipinski definition) is 2. The molecule has 0 aliphatic carbocycles. The average molecular weight is 232 g/mol. The van der Waals surface area contributed by atoms with E-state index >= 15 is 0 Å². The lowest BCUT2D eigenvalue weighted by molar-refractivity contribution is 0.127. The molecule has 0 saturated heterocycles. The molecule has 1 unspecified atom stereocenters. The summed E-state index contributed by atoms with van der Waals surface area (Å²) in [4.78, 5) is 2.22. The van der Waals surface area contributed by atoms with Crippen molar-refractivity contribution in [2.45, 2.75) is 38.8 Å². The number of aliphatic hydroxyl groups is 1. The van der Waals surface area contributed by atoms with Gasteiger partial charge in [-0.2, -0.15) is 0 Å². The van der Waals surface area contributed by atoms with Crippen LogP contribution in [-0.2, 0) is 4.74 Å². The predicted molar refractivity (Wildman–Crippen MR) is 67.8 cm³/mol. The van der Waals surface area contributed by atoms with Gasteiger partial charge >= 0.3 is 0 Å². The molecule has 0 saturated carbocycles. The topological polar surface area (TPSA) is 44.7 Å². The number of aliphatic hydroxyl groups excluding tert-OH is 1. The van der Waals surface area contributed by atoms with Crippen molar-refractivity contribution in [2.75, 3.05) is 40.5 Å². The number of rotatable bonds is 9. The van der Waals surface area contributed by atoms with Crippen molar-refractivity contribution in [1.82, 2.24) is 10.2 Å². The van der Waals surface area contributed by atoms with Crippen LogP contribution in [0.3, 0.4) is 0 Å². The molecule has 0 fully saturated rings. The molecule has 0 rings (SSSR count). The van der Waals surface area contributed by atoms with Crippen LogP contribution in [0.5, 0.6) is 0 Å². The fraction of sp³-hybridized carbons (Fsp3) is 1.00. The summed E-state index contributed by atoms with van der Waals surface area (Å²) in [5, 5.41) is 12.8. The normalized spacial score (nSPS) is 15.8. The smallest absolute Gasteiger partial charge is 0.0611 e. The van der Waals surface area contributed by atoms with Crippen molar-refractivity contribution >= 4 is 0 Å². The Morgan fingerprint density at radius 1 is 1.38 bits per heavy atom. The first-order valence-electron chi connectivity index (χ1n) is 5.99. The van der Waals surface area contributed by atoms with Gasteiger partial charge in [-0.05, 0) is 26.9 Å². The number of methoxy groups -OCH3 is 1. The lowest BCUT2D eigenvalue weighted by Gasteiger charge is -2.32. The maximum absolute atomic E-state index is 9.42. The summed E-state index contributed by atoms with van der Waals surface area (Å²) >= 11 is 0. The fourth-order valence-corrected chi connectivity index (χ4v) is 1.69. The second-order valence-electron chi connectivity index (χ2n) is 5.06. The third kappa shape index (κ3) is 7.17. The van der Waals surface area contributed by atoms with E-state index in [4.69, 9.17) is 4.74 Å². The van der Waals surface area contributed by atoms with Crippen LogP contribution in [0.25, 0.3) is 0 Å². The zero-order valence-electron chi connectivity index (χ0n) is 11.4. The highest BCUT2D eigenvalue weighted by Crippen LogP contribution is 2.10. The first-order chi connectivity index (χ1) is 7.43. The van der Waals surface area contributed by atoms with Crippen molar-refractivity contribution in [3.63, 3.8) is 0 Å². The zero-order valence-corrected chi connectivity index (χ0v) is 11.4. The molecule has 0 aromatic heterocycles. The summed E-state index contributed by atoms with van der Waals surface area (Å²) in [6, 6.07) is 0.390. The van der Waals surface area contributed by atoms with E-state index in [2.05, 4.69) is 38.0 Å². The molecule has 98 valence electrons. The van der Waals surface area contributed by atoms with Crippen LogP contribution in [0.1, 0.15) is 27.2 Å². The lowest BCUT2D eigenvalue weighted by atomic mass is 9.97. The standard InChI is InChI=1S/C12H28N2O2/c1-11(2)13-12(3,10-15)6-7-14(4)8-9-16-5/h11,13,15H,6-10H2,1-5H3. The molecule has 2 N–H and O–H groups in total. The maximum atomic E-state index is 9.42. The number of nitrogens with zero attached hydrogens (tertiary/aromatic N) is 1. The van der Waals surface area contributed by atoms with Crippen LogP contribution in [0.2, 0.25) is 0 Å². The minimum absolute atomic E-state index is 0.170. The molecule has 0 spiro atoms. The van der Waals surface area contributed by atoms with Gasteiger partial charge in [0.25, 0.3) is 0 Å². The summed E-state index contributed by atoms with van der Waals surface area (Å²) in [7, 11) is 3.79. The molecule has 0 heterocycles. The molecule has 16 heavy (non-hydrogen) atoms. The summed E-state index contributed by atoms with van der Waals surface area (Å²) in [6.45, 7) is 9.08. The second kappa shape index (κ2) is 8.01. The first kappa shape index (κ1) is 15.8. The van der Waals surface area contributed by atoms with Gasteiger partial charge in [-0.15, -0.1) is 0 Å². The minimum atomic E-state index is -0.185. The molecule has 0 aromatic rings. The Morgan fingerprint density at radius 3 is 2.44 bits per heavy atom. The summed E-state index contributed by atoms with van der Waals surface area (Å²) in [5.74, 6) is 0.